The molecular formula is C28H36F2N4O3. The van der Waals surface area contributed by atoms with Crippen molar-refractivity contribution in [3.8, 4) is 11.5 Å². The van der Waals surface area contributed by atoms with E-state index in [1.807, 2.05) is 37.6 Å². The van der Waals surface area contributed by atoms with E-state index in [9.17, 15) is 13.6 Å². The molecule has 9 heteroatoms. The Hall–Kier alpha value is -3.36. The van der Waals surface area contributed by atoms with E-state index in [0.29, 0.717) is 37.0 Å². The van der Waals surface area contributed by atoms with E-state index in [0.717, 1.165) is 42.4 Å². The van der Waals surface area contributed by atoms with Crippen LogP contribution >= 0.6 is 0 Å². The standard InChI is InChI=1S/C28H36F2N4O3/c1-18(2)16-34-24-13-23(31-14-19-7-6-10-33(17-19)27(35)37-28(3,4)5)26(11-20(24)15-32-34)36-25-9-8-21(29)12-22(25)30/h8-9,11-13,15,18-19,31H,6-7,10,14,16-17H2,1-5H3. The summed E-state index contributed by atoms with van der Waals surface area (Å²) in [6, 6.07) is 7.02. The van der Waals surface area contributed by atoms with Gasteiger partial charge in [0.1, 0.15) is 11.4 Å². The average Bonchev–Trinajstić information content (AvgIpc) is 3.19. The molecule has 200 valence electrons. The number of nitrogens with zero attached hydrogens (tertiary/aromatic N) is 3. The van der Waals surface area contributed by atoms with E-state index in [-0.39, 0.29) is 17.8 Å². The van der Waals surface area contributed by atoms with Crippen LogP contribution in [0.2, 0.25) is 0 Å². The molecule has 1 amide bonds. The van der Waals surface area contributed by atoms with Crippen LogP contribution in [0.5, 0.6) is 11.5 Å². The maximum absolute atomic E-state index is 14.4. The van der Waals surface area contributed by atoms with Crippen LogP contribution < -0.4 is 10.1 Å². The molecule has 0 spiro atoms. The van der Waals surface area contributed by atoms with E-state index in [2.05, 4.69) is 24.3 Å². The number of hydrogen-bond donors (Lipinski definition) is 1. The summed E-state index contributed by atoms with van der Waals surface area (Å²) in [7, 11) is 0. The van der Waals surface area contributed by atoms with E-state index in [4.69, 9.17) is 9.47 Å². The zero-order valence-corrected chi connectivity index (χ0v) is 22.2. The Morgan fingerprint density at radius 1 is 1.19 bits per heavy atom. The number of benzene rings is 2. The number of halogens is 2. The highest BCUT2D eigenvalue weighted by Gasteiger charge is 2.28. The van der Waals surface area contributed by atoms with Crippen LogP contribution in [-0.4, -0.2) is 46.0 Å². The first-order chi connectivity index (χ1) is 17.5. The van der Waals surface area contributed by atoms with Gasteiger partial charge in [-0.3, -0.25) is 4.68 Å². The summed E-state index contributed by atoms with van der Waals surface area (Å²) in [6.07, 6.45) is 3.31. The number of anilines is 1. The Morgan fingerprint density at radius 2 is 1.97 bits per heavy atom. The van der Waals surface area contributed by atoms with E-state index in [1.54, 1.807) is 11.1 Å². The molecule has 0 aliphatic carbocycles. The Kier molecular flexibility index (Phi) is 7.90. The van der Waals surface area contributed by atoms with Crippen LogP contribution in [0.15, 0.2) is 36.5 Å². The van der Waals surface area contributed by atoms with Crippen molar-refractivity contribution < 1.29 is 23.0 Å². The molecule has 1 atom stereocenters. The highest BCUT2D eigenvalue weighted by molar-refractivity contribution is 5.86. The van der Waals surface area contributed by atoms with Gasteiger partial charge in [-0.25, -0.2) is 13.6 Å². The minimum atomic E-state index is -0.776. The van der Waals surface area contributed by atoms with E-state index >= 15 is 0 Å². The number of aromatic nitrogens is 2. The fraction of sp³-hybridized carbons (Fsp3) is 0.500. The molecule has 2 heterocycles. The number of nitrogens with one attached hydrogen (secondary N) is 1. The number of carbonyl (C=O) groups excluding carboxylic acids is 1. The Balaban J connectivity index is 1.56. The molecule has 0 bridgehead atoms. The van der Waals surface area contributed by atoms with Crippen LogP contribution in [0.3, 0.4) is 0 Å². The Labute approximate surface area is 216 Å². The lowest BCUT2D eigenvalue weighted by Gasteiger charge is -2.34. The average molecular weight is 515 g/mol. The fourth-order valence-corrected chi connectivity index (χ4v) is 4.47. The van der Waals surface area contributed by atoms with Gasteiger partial charge in [-0.2, -0.15) is 5.10 Å². The van der Waals surface area contributed by atoms with Crippen molar-refractivity contribution in [1.82, 2.24) is 14.7 Å². The lowest BCUT2D eigenvalue weighted by atomic mass is 9.98. The SMILES string of the molecule is CC(C)Cn1ncc2cc(Oc3ccc(F)cc3F)c(NCC3CCCN(C(=O)OC(C)(C)C)C3)cc21. The second kappa shape index (κ2) is 10.9. The number of carbonyl (C=O) groups is 1. The summed E-state index contributed by atoms with van der Waals surface area (Å²) in [6.45, 7) is 12.4. The Morgan fingerprint density at radius 3 is 2.68 bits per heavy atom. The molecule has 0 saturated carbocycles. The first-order valence-corrected chi connectivity index (χ1v) is 12.8. The van der Waals surface area contributed by atoms with Gasteiger partial charge >= 0.3 is 6.09 Å². The highest BCUT2D eigenvalue weighted by atomic mass is 19.1. The summed E-state index contributed by atoms with van der Waals surface area (Å²) in [5.41, 5.74) is 1.07. The monoisotopic (exact) mass is 514 g/mol. The molecule has 1 fully saturated rings. The summed E-state index contributed by atoms with van der Waals surface area (Å²) >= 11 is 0. The van der Waals surface area contributed by atoms with Crippen molar-refractivity contribution in [2.24, 2.45) is 11.8 Å². The van der Waals surface area contributed by atoms with Gasteiger partial charge in [0.05, 0.1) is 17.4 Å². The first kappa shape index (κ1) is 26.7. The quantitative estimate of drug-likeness (QED) is 0.375. The Bertz CT molecular complexity index is 1250. The van der Waals surface area contributed by atoms with Crippen LogP contribution in [0.4, 0.5) is 19.3 Å². The molecule has 3 aromatic rings. The highest BCUT2D eigenvalue weighted by Crippen LogP contribution is 2.36. The van der Waals surface area contributed by atoms with Gasteiger partial charge in [0.25, 0.3) is 0 Å². The molecule has 1 unspecified atom stereocenters. The lowest BCUT2D eigenvalue weighted by Crippen LogP contribution is -2.44. The van der Waals surface area contributed by atoms with Gasteiger partial charge in [0, 0.05) is 37.6 Å². The van der Waals surface area contributed by atoms with E-state index in [1.165, 1.54) is 6.07 Å². The molecule has 1 saturated heterocycles. The maximum Gasteiger partial charge on any atom is 0.410 e. The second-order valence-electron chi connectivity index (χ2n) is 11.1. The molecule has 4 rings (SSSR count). The van der Waals surface area contributed by atoms with Crippen LogP contribution in [0.25, 0.3) is 10.9 Å². The molecule has 1 aromatic heterocycles. The third-order valence-electron chi connectivity index (χ3n) is 6.15. The normalized spacial score (nSPS) is 16.3. The number of ether oxygens (including phenoxy) is 2. The molecule has 2 aromatic carbocycles. The van der Waals surface area contributed by atoms with Crippen molar-refractivity contribution in [3.63, 3.8) is 0 Å². The fourth-order valence-electron chi connectivity index (χ4n) is 4.47. The number of likely N-dealkylation sites (tertiary alicyclic amines) is 1. The molecule has 0 radical (unpaired) electrons. The third-order valence-corrected chi connectivity index (χ3v) is 6.15. The number of piperidine rings is 1. The summed E-state index contributed by atoms with van der Waals surface area (Å²) in [5.74, 6) is -0.478. The summed E-state index contributed by atoms with van der Waals surface area (Å²) < 4.78 is 41.2. The molecule has 1 aliphatic heterocycles. The zero-order chi connectivity index (χ0) is 26.7. The zero-order valence-electron chi connectivity index (χ0n) is 22.2. The second-order valence-corrected chi connectivity index (χ2v) is 11.1. The smallest absolute Gasteiger partial charge is 0.410 e. The summed E-state index contributed by atoms with van der Waals surface area (Å²) in [4.78, 5) is 14.3. The first-order valence-electron chi connectivity index (χ1n) is 12.8. The predicted octanol–water partition coefficient (Wildman–Crippen LogP) is 6.82. The van der Waals surface area contributed by atoms with Crippen molar-refractivity contribution in [2.45, 2.75) is 59.6 Å². The number of fused-ring (bicyclic) bond motifs is 1. The van der Waals surface area contributed by atoms with E-state index < -0.39 is 17.2 Å². The van der Waals surface area contributed by atoms with Crippen LogP contribution in [-0.2, 0) is 11.3 Å². The molecule has 1 aliphatic rings. The van der Waals surface area contributed by atoms with Gasteiger partial charge in [0.15, 0.2) is 17.3 Å². The van der Waals surface area contributed by atoms with Crippen molar-refractivity contribution in [1.29, 1.82) is 0 Å². The molecule has 7 nitrogen and oxygen atoms in total. The topological polar surface area (TPSA) is 68.6 Å². The number of hydrogen-bond acceptors (Lipinski definition) is 5. The molecule has 1 N–H and O–H groups in total. The van der Waals surface area contributed by atoms with Gasteiger partial charge in [0.2, 0.25) is 0 Å². The lowest BCUT2D eigenvalue weighted by molar-refractivity contribution is 0.0172. The predicted molar refractivity (Wildman–Crippen MR) is 140 cm³/mol. The van der Waals surface area contributed by atoms with Gasteiger partial charge in [-0.1, -0.05) is 13.8 Å². The van der Waals surface area contributed by atoms with Gasteiger partial charge in [-0.15, -0.1) is 0 Å². The molecule has 37 heavy (non-hydrogen) atoms. The number of amides is 1. The van der Waals surface area contributed by atoms with Crippen molar-refractivity contribution >= 4 is 22.7 Å². The summed E-state index contributed by atoms with van der Waals surface area (Å²) in [5, 5.41) is 8.84. The number of rotatable bonds is 7. The minimum Gasteiger partial charge on any atom is -0.452 e. The van der Waals surface area contributed by atoms with Gasteiger partial charge < -0.3 is 19.7 Å². The van der Waals surface area contributed by atoms with Crippen molar-refractivity contribution in [2.75, 3.05) is 25.0 Å². The molecular weight excluding hydrogens is 478 g/mol. The van der Waals surface area contributed by atoms with Crippen molar-refractivity contribution in [3.05, 3.63) is 48.2 Å². The third kappa shape index (κ3) is 6.90. The maximum atomic E-state index is 14.4. The van der Waals surface area contributed by atoms with Crippen LogP contribution in [0.1, 0.15) is 47.5 Å². The minimum absolute atomic E-state index is 0.0628. The van der Waals surface area contributed by atoms with Gasteiger partial charge in [-0.05, 0) is 69.7 Å². The van der Waals surface area contributed by atoms with Crippen LogP contribution in [0, 0.1) is 23.5 Å². The largest absolute Gasteiger partial charge is 0.452 e.